The van der Waals surface area contributed by atoms with Crippen LogP contribution in [0.3, 0.4) is 0 Å². The molecule has 4 heteroatoms. The molecule has 2 atom stereocenters. The number of nitrogens with one attached hydrogen (secondary N) is 2. The molecule has 148 valence electrons. The number of amides is 2. The van der Waals surface area contributed by atoms with Crippen molar-refractivity contribution in [2.75, 3.05) is 6.54 Å². The van der Waals surface area contributed by atoms with Crippen molar-refractivity contribution in [2.24, 2.45) is 10.8 Å². The first-order chi connectivity index (χ1) is 13.3. The number of hydrogen-bond donors (Lipinski definition) is 2. The Morgan fingerprint density at radius 1 is 0.857 bits per heavy atom. The molecule has 0 spiro atoms. The molecule has 0 unspecified atom stereocenters. The lowest BCUT2D eigenvalue weighted by molar-refractivity contribution is 0.0592. The number of carbonyl (C=O) groups is 2. The molecule has 2 N–H and O–H groups in total. The number of rotatable bonds is 5. The Hall–Kier alpha value is -2.62. The maximum absolute atomic E-state index is 12.6. The Balaban J connectivity index is 1.65. The van der Waals surface area contributed by atoms with Crippen LogP contribution in [0.1, 0.15) is 60.7 Å². The molecule has 2 aromatic carbocycles. The van der Waals surface area contributed by atoms with Gasteiger partial charge in [-0.25, -0.2) is 0 Å². The minimum atomic E-state index is -0.0686. The molecule has 0 bridgehead atoms. The van der Waals surface area contributed by atoms with E-state index in [-0.39, 0.29) is 28.7 Å². The minimum absolute atomic E-state index is 0.0287. The van der Waals surface area contributed by atoms with Gasteiger partial charge in [-0.3, -0.25) is 9.59 Å². The van der Waals surface area contributed by atoms with Gasteiger partial charge in [-0.05, 0) is 54.4 Å². The monoisotopic (exact) mass is 378 g/mol. The van der Waals surface area contributed by atoms with Gasteiger partial charge in [0, 0.05) is 23.7 Å². The molecule has 2 aromatic rings. The lowest BCUT2D eigenvalue weighted by atomic mass is 9.62. The number of carbonyl (C=O) groups excluding carboxylic acids is 2. The van der Waals surface area contributed by atoms with Gasteiger partial charge < -0.3 is 10.6 Å². The molecule has 1 fully saturated rings. The molecule has 0 heterocycles. The first kappa shape index (κ1) is 20.1. The average molecular weight is 379 g/mol. The highest BCUT2D eigenvalue weighted by Crippen LogP contribution is 2.45. The molecular weight excluding hydrogens is 348 g/mol. The second kappa shape index (κ2) is 8.17. The fourth-order valence-corrected chi connectivity index (χ4v) is 4.71. The lowest BCUT2D eigenvalue weighted by Gasteiger charge is -2.47. The molecule has 0 radical (unpaired) electrons. The predicted octanol–water partition coefficient (Wildman–Crippen LogP) is 4.43. The standard InChI is InChI=1S/C24H30N2O2/c1-23(2)14-20(26-22(28)19-12-8-5-9-13-19)15-24(3,16-23)17-25-21(27)18-10-6-4-7-11-18/h4-13,20H,14-17H2,1-3H3,(H,25,27)(H,26,28)/t20-,24+/m1/s1. The third-order valence-corrected chi connectivity index (χ3v) is 5.53. The molecule has 2 amide bonds. The first-order valence-corrected chi connectivity index (χ1v) is 9.96. The van der Waals surface area contributed by atoms with Crippen molar-refractivity contribution in [2.45, 2.75) is 46.1 Å². The lowest BCUT2D eigenvalue weighted by Crippen LogP contribution is -2.50. The van der Waals surface area contributed by atoms with Gasteiger partial charge in [0.15, 0.2) is 0 Å². The van der Waals surface area contributed by atoms with Crippen LogP contribution in [0.5, 0.6) is 0 Å². The topological polar surface area (TPSA) is 58.2 Å². The van der Waals surface area contributed by atoms with Crippen LogP contribution in [0.2, 0.25) is 0 Å². The summed E-state index contributed by atoms with van der Waals surface area (Å²) in [4.78, 5) is 25.1. The highest BCUT2D eigenvalue weighted by atomic mass is 16.2. The van der Waals surface area contributed by atoms with E-state index in [2.05, 4.69) is 31.4 Å². The summed E-state index contributed by atoms with van der Waals surface area (Å²) in [5.74, 6) is -0.0750. The quantitative estimate of drug-likeness (QED) is 0.808. The summed E-state index contributed by atoms with van der Waals surface area (Å²) in [5, 5.41) is 6.31. The number of hydrogen-bond acceptors (Lipinski definition) is 2. The fraction of sp³-hybridized carbons (Fsp3) is 0.417. The van der Waals surface area contributed by atoms with Crippen LogP contribution in [0.25, 0.3) is 0 Å². The van der Waals surface area contributed by atoms with Crippen molar-refractivity contribution in [3.8, 4) is 0 Å². The van der Waals surface area contributed by atoms with Crippen LogP contribution < -0.4 is 10.6 Å². The summed E-state index contributed by atoms with van der Waals surface area (Å²) in [6, 6.07) is 18.7. The SMILES string of the molecule is CC1(C)C[C@@H](NC(=O)c2ccccc2)C[C@](C)(CNC(=O)c2ccccc2)C1. The normalized spacial score (nSPS) is 23.6. The van der Waals surface area contributed by atoms with Crippen LogP contribution in [-0.4, -0.2) is 24.4 Å². The van der Waals surface area contributed by atoms with E-state index in [9.17, 15) is 9.59 Å². The van der Waals surface area contributed by atoms with E-state index >= 15 is 0 Å². The zero-order chi connectivity index (χ0) is 20.2. The van der Waals surface area contributed by atoms with Crippen molar-refractivity contribution >= 4 is 11.8 Å². The summed E-state index contributed by atoms with van der Waals surface area (Å²) >= 11 is 0. The molecule has 0 saturated heterocycles. The van der Waals surface area contributed by atoms with E-state index in [1.807, 2.05) is 60.7 Å². The zero-order valence-corrected chi connectivity index (χ0v) is 17.0. The Bertz CT molecular complexity index is 817. The van der Waals surface area contributed by atoms with E-state index in [0.717, 1.165) is 19.3 Å². The summed E-state index contributed by atoms with van der Waals surface area (Å²) in [6.45, 7) is 7.29. The van der Waals surface area contributed by atoms with Gasteiger partial charge >= 0.3 is 0 Å². The Labute approximate surface area is 167 Å². The molecular formula is C24H30N2O2. The molecule has 1 saturated carbocycles. The third-order valence-electron chi connectivity index (χ3n) is 5.53. The second-order valence-corrected chi connectivity index (χ2v) is 9.15. The maximum Gasteiger partial charge on any atom is 0.251 e. The zero-order valence-electron chi connectivity index (χ0n) is 17.0. The summed E-state index contributed by atoms with van der Waals surface area (Å²) in [5.41, 5.74) is 1.39. The maximum atomic E-state index is 12.6. The van der Waals surface area contributed by atoms with E-state index in [4.69, 9.17) is 0 Å². The molecule has 0 aliphatic heterocycles. The van der Waals surface area contributed by atoms with Crippen LogP contribution in [0.15, 0.2) is 60.7 Å². The minimum Gasteiger partial charge on any atom is -0.351 e. The highest BCUT2D eigenvalue weighted by molar-refractivity contribution is 5.94. The van der Waals surface area contributed by atoms with Crippen LogP contribution in [0.4, 0.5) is 0 Å². The van der Waals surface area contributed by atoms with E-state index < -0.39 is 0 Å². The smallest absolute Gasteiger partial charge is 0.251 e. The highest BCUT2D eigenvalue weighted by Gasteiger charge is 2.41. The van der Waals surface area contributed by atoms with Crippen LogP contribution in [-0.2, 0) is 0 Å². The largest absolute Gasteiger partial charge is 0.351 e. The van der Waals surface area contributed by atoms with Gasteiger partial charge in [0.25, 0.3) is 11.8 Å². The van der Waals surface area contributed by atoms with E-state index in [0.29, 0.717) is 17.7 Å². The van der Waals surface area contributed by atoms with Gasteiger partial charge in [-0.2, -0.15) is 0 Å². The summed E-state index contributed by atoms with van der Waals surface area (Å²) in [7, 11) is 0. The van der Waals surface area contributed by atoms with Gasteiger partial charge in [-0.15, -0.1) is 0 Å². The van der Waals surface area contributed by atoms with Crippen molar-refractivity contribution in [3.05, 3.63) is 71.8 Å². The summed E-state index contributed by atoms with van der Waals surface area (Å²) in [6.07, 6.45) is 2.80. The molecule has 1 aliphatic rings. The Morgan fingerprint density at radius 3 is 1.96 bits per heavy atom. The average Bonchev–Trinajstić information content (AvgIpc) is 2.66. The summed E-state index contributed by atoms with van der Waals surface area (Å²) < 4.78 is 0. The van der Waals surface area contributed by atoms with Gasteiger partial charge in [0.05, 0.1) is 0 Å². The van der Waals surface area contributed by atoms with Crippen molar-refractivity contribution in [3.63, 3.8) is 0 Å². The van der Waals surface area contributed by atoms with E-state index in [1.165, 1.54) is 0 Å². The fourth-order valence-electron chi connectivity index (χ4n) is 4.71. The van der Waals surface area contributed by atoms with Gasteiger partial charge in [0.1, 0.15) is 0 Å². The molecule has 0 aromatic heterocycles. The van der Waals surface area contributed by atoms with Crippen LogP contribution >= 0.6 is 0 Å². The van der Waals surface area contributed by atoms with Crippen molar-refractivity contribution in [1.29, 1.82) is 0 Å². The van der Waals surface area contributed by atoms with Crippen molar-refractivity contribution < 1.29 is 9.59 Å². The van der Waals surface area contributed by atoms with Crippen LogP contribution in [0, 0.1) is 10.8 Å². The molecule has 28 heavy (non-hydrogen) atoms. The second-order valence-electron chi connectivity index (χ2n) is 9.15. The number of benzene rings is 2. The Morgan fingerprint density at radius 2 is 1.39 bits per heavy atom. The first-order valence-electron chi connectivity index (χ1n) is 9.96. The third kappa shape index (κ3) is 5.22. The Kier molecular flexibility index (Phi) is 5.87. The molecule has 1 aliphatic carbocycles. The van der Waals surface area contributed by atoms with E-state index in [1.54, 1.807) is 0 Å². The predicted molar refractivity (Wildman–Crippen MR) is 112 cm³/mol. The molecule has 3 rings (SSSR count). The molecule has 4 nitrogen and oxygen atoms in total. The van der Waals surface area contributed by atoms with Gasteiger partial charge in [0.2, 0.25) is 0 Å². The van der Waals surface area contributed by atoms with Gasteiger partial charge in [-0.1, -0.05) is 57.2 Å². The van der Waals surface area contributed by atoms with Crippen molar-refractivity contribution in [1.82, 2.24) is 10.6 Å².